The molecule has 0 aromatic rings. The van der Waals surface area contributed by atoms with Gasteiger partial charge in [-0.05, 0) is 61.1 Å². The maximum absolute atomic E-state index is 12.3. The van der Waals surface area contributed by atoms with Crippen molar-refractivity contribution in [3.05, 3.63) is 0 Å². The quantitative estimate of drug-likeness (QED) is 0.644. The third-order valence-electron chi connectivity index (χ3n) is 7.14. The zero-order chi connectivity index (χ0) is 16.8. The van der Waals surface area contributed by atoms with Crippen LogP contribution in [0.15, 0.2) is 0 Å². The molecular weight excluding hydrogens is 288 g/mol. The highest BCUT2D eigenvalue weighted by atomic mass is 28.4. The third kappa shape index (κ3) is 3.21. The van der Waals surface area contributed by atoms with E-state index in [4.69, 9.17) is 4.43 Å². The Kier molecular flexibility index (Phi) is 5.00. The number of rotatable bonds is 4. The lowest BCUT2D eigenvalue weighted by Crippen LogP contribution is -2.44. The molecule has 0 N–H and O–H groups in total. The summed E-state index contributed by atoms with van der Waals surface area (Å²) < 4.78 is 6.47. The lowest BCUT2D eigenvalue weighted by molar-refractivity contribution is -0.130. The Morgan fingerprint density at radius 1 is 1.32 bits per heavy atom. The van der Waals surface area contributed by atoms with Crippen LogP contribution in [0.1, 0.15) is 66.7 Å². The molecule has 2 rings (SSSR count). The fraction of sp³-hybridized carbons (Fsp3) is 0.947. The van der Waals surface area contributed by atoms with Gasteiger partial charge >= 0.3 is 0 Å². The molecule has 0 amide bonds. The van der Waals surface area contributed by atoms with E-state index < -0.39 is 8.32 Å². The number of hydrogen-bond donors (Lipinski definition) is 0. The lowest BCUT2D eigenvalue weighted by atomic mass is 9.62. The van der Waals surface area contributed by atoms with Gasteiger partial charge in [-0.25, -0.2) is 0 Å². The van der Waals surface area contributed by atoms with Crippen molar-refractivity contribution < 1.29 is 9.22 Å². The first-order chi connectivity index (χ1) is 9.99. The SMILES string of the molecule is C[C@H](CO[Si](C)(C)C(C)(C)C)[C@H]1CCC2C(=O)CCC[C@@]21C. The molecule has 0 saturated heterocycles. The molecule has 2 saturated carbocycles. The van der Waals surface area contributed by atoms with E-state index in [-0.39, 0.29) is 10.5 Å². The zero-order valence-corrected chi connectivity index (χ0v) is 16.8. The number of hydrogen-bond acceptors (Lipinski definition) is 2. The van der Waals surface area contributed by atoms with Crippen LogP contribution in [0.3, 0.4) is 0 Å². The van der Waals surface area contributed by atoms with Gasteiger partial charge in [-0.15, -0.1) is 0 Å². The third-order valence-corrected chi connectivity index (χ3v) is 11.6. The first-order valence-electron chi connectivity index (χ1n) is 9.16. The van der Waals surface area contributed by atoms with Crippen molar-refractivity contribution in [1.29, 1.82) is 0 Å². The van der Waals surface area contributed by atoms with Gasteiger partial charge in [0.25, 0.3) is 0 Å². The van der Waals surface area contributed by atoms with Crippen molar-refractivity contribution in [2.24, 2.45) is 23.2 Å². The van der Waals surface area contributed by atoms with Crippen LogP contribution < -0.4 is 0 Å². The van der Waals surface area contributed by atoms with E-state index >= 15 is 0 Å². The molecule has 3 heteroatoms. The summed E-state index contributed by atoms with van der Waals surface area (Å²) in [5, 5.41) is 0.273. The van der Waals surface area contributed by atoms with Gasteiger partial charge in [0.1, 0.15) is 5.78 Å². The molecule has 22 heavy (non-hydrogen) atoms. The number of carbonyl (C=O) groups excluding carboxylic acids is 1. The molecule has 128 valence electrons. The van der Waals surface area contributed by atoms with Gasteiger partial charge in [0, 0.05) is 18.9 Å². The summed E-state index contributed by atoms with van der Waals surface area (Å²) in [5.74, 6) is 2.09. The molecule has 0 aliphatic heterocycles. The van der Waals surface area contributed by atoms with Crippen LogP contribution in [0.5, 0.6) is 0 Å². The second-order valence-corrected chi connectivity index (χ2v) is 14.4. The molecule has 0 radical (unpaired) electrons. The summed E-state index contributed by atoms with van der Waals surface area (Å²) >= 11 is 0. The Hall–Kier alpha value is -0.153. The van der Waals surface area contributed by atoms with Crippen molar-refractivity contribution in [1.82, 2.24) is 0 Å². The van der Waals surface area contributed by atoms with E-state index in [0.717, 1.165) is 25.9 Å². The molecular formula is C19H36O2Si. The van der Waals surface area contributed by atoms with Crippen molar-refractivity contribution in [2.75, 3.05) is 6.61 Å². The van der Waals surface area contributed by atoms with Crippen LogP contribution in [-0.4, -0.2) is 20.7 Å². The van der Waals surface area contributed by atoms with Crippen molar-refractivity contribution in [2.45, 2.75) is 84.9 Å². The largest absolute Gasteiger partial charge is 0.417 e. The van der Waals surface area contributed by atoms with Gasteiger partial charge in [-0.3, -0.25) is 4.79 Å². The Bertz CT molecular complexity index is 424. The van der Waals surface area contributed by atoms with Gasteiger partial charge < -0.3 is 4.43 Å². The maximum Gasteiger partial charge on any atom is 0.191 e. The molecule has 0 aromatic carbocycles. The predicted octanol–water partition coefficient (Wildman–Crippen LogP) is 5.43. The first-order valence-corrected chi connectivity index (χ1v) is 12.1. The highest BCUT2D eigenvalue weighted by Gasteiger charge is 2.52. The summed E-state index contributed by atoms with van der Waals surface area (Å²) in [6.07, 6.45) is 5.48. The maximum atomic E-state index is 12.3. The molecule has 0 spiro atoms. The monoisotopic (exact) mass is 324 g/mol. The van der Waals surface area contributed by atoms with Gasteiger partial charge in [0.15, 0.2) is 8.32 Å². The summed E-state index contributed by atoms with van der Waals surface area (Å²) in [5.41, 5.74) is 0.242. The van der Waals surface area contributed by atoms with Gasteiger partial charge in [-0.1, -0.05) is 34.6 Å². The molecule has 2 nitrogen and oxygen atoms in total. The van der Waals surface area contributed by atoms with Crippen molar-refractivity contribution in [3.8, 4) is 0 Å². The van der Waals surface area contributed by atoms with Crippen LogP contribution in [0.2, 0.25) is 18.1 Å². The minimum atomic E-state index is -1.67. The topological polar surface area (TPSA) is 26.3 Å². The van der Waals surface area contributed by atoms with E-state index in [2.05, 4.69) is 47.7 Å². The zero-order valence-electron chi connectivity index (χ0n) is 15.8. The van der Waals surface area contributed by atoms with E-state index in [0.29, 0.717) is 23.5 Å². The summed E-state index contributed by atoms with van der Waals surface area (Å²) in [4.78, 5) is 12.3. The molecule has 0 heterocycles. The fourth-order valence-electron chi connectivity index (χ4n) is 4.58. The van der Waals surface area contributed by atoms with E-state index in [9.17, 15) is 4.79 Å². The van der Waals surface area contributed by atoms with Crippen LogP contribution in [0, 0.1) is 23.2 Å². The number of Topliss-reactive ketones (excluding diaryl/α,β-unsaturated/α-hetero) is 1. The minimum absolute atomic E-state index is 0.242. The first kappa shape index (κ1) is 18.2. The van der Waals surface area contributed by atoms with Crippen LogP contribution in [0.25, 0.3) is 0 Å². The van der Waals surface area contributed by atoms with E-state index in [1.54, 1.807) is 0 Å². The Balaban J connectivity index is 2.02. The van der Waals surface area contributed by atoms with E-state index in [1.807, 2.05) is 0 Å². The molecule has 2 aliphatic carbocycles. The standard InChI is InChI=1S/C19H36O2Si/c1-14(13-21-22(6,7)18(2,3)4)15-10-11-16-17(20)9-8-12-19(15,16)5/h14-16H,8-13H2,1-7H3/t14-,15-,16?,19-/m1/s1. The lowest BCUT2D eigenvalue weighted by Gasteiger charge is -2.43. The van der Waals surface area contributed by atoms with Crippen LogP contribution >= 0.6 is 0 Å². The smallest absolute Gasteiger partial charge is 0.191 e. The molecule has 1 unspecified atom stereocenters. The van der Waals surface area contributed by atoms with Crippen LogP contribution in [-0.2, 0) is 9.22 Å². The summed E-state index contributed by atoms with van der Waals surface area (Å²) in [6, 6.07) is 0. The van der Waals surface area contributed by atoms with Crippen LogP contribution in [0.4, 0.5) is 0 Å². The number of ketones is 1. The highest BCUT2D eigenvalue weighted by molar-refractivity contribution is 6.74. The molecule has 4 atom stereocenters. The second kappa shape index (κ2) is 6.05. The normalized spacial score (nSPS) is 34.6. The van der Waals surface area contributed by atoms with Gasteiger partial charge in [-0.2, -0.15) is 0 Å². The Morgan fingerprint density at radius 2 is 1.95 bits per heavy atom. The Morgan fingerprint density at radius 3 is 2.55 bits per heavy atom. The number of fused-ring (bicyclic) bond motifs is 1. The fourth-order valence-corrected chi connectivity index (χ4v) is 5.69. The highest BCUT2D eigenvalue weighted by Crippen LogP contribution is 2.56. The summed E-state index contributed by atoms with van der Waals surface area (Å²) in [7, 11) is -1.67. The molecule has 2 aliphatic rings. The second-order valence-electron chi connectivity index (χ2n) is 9.61. The molecule has 2 fully saturated rings. The average molecular weight is 325 g/mol. The minimum Gasteiger partial charge on any atom is -0.417 e. The van der Waals surface area contributed by atoms with E-state index in [1.165, 1.54) is 12.8 Å². The van der Waals surface area contributed by atoms with Gasteiger partial charge in [0.2, 0.25) is 0 Å². The summed E-state index contributed by atoms with van der Waals surface area (Å²) in [6.45, 7) is 17.2. The van der Waals surface area contributed by atoms with Gasteiger partial charge in [0.05, 0.1) is 0 Å². The van der Waals surface area contributed by atoms with Crippen molar-refractivity contribution >= 4 is 14.1 Å². The average Bonchev–Trinajstić information content (AvgIpc) is 2.73. The van der Waals surface area contributed by atoms with Crippen molar-refractivity contribution in [3.63, 3.8) is 0 Å². The Labute approximate surface area is 138 Å². The molecule has 0 bridgehead atoms. The molecule has 0 aromatic heterocycles. The predicted molar refractivity (Wildman–Crippen MR) is 95.5 cm³/mol. The number of carbonyl (C=O) groups is 1.